The summed E-state index contributed by atoms with van der Waals surface area (Å²) >= 11 is 0. The number of hydrazone groups is 1. The van der Waals surface area contributed by atoms with Gasteiger partial charge in [0.15, 0.2) is 0 Å². The van der Waals surface area contributed by atoms with Crippen LogP contribution >= 0.6 is 0 Å². The van der Waals surface area contributed by atoms with Gasteiger partial charge >= 0.3 is 0 Å². The van der Waals surface area contributed by atoms with E-state index in [0.29, 0.717) is 5.75 Å². The first-order valence-corrected chi connectivity index (χ1v) is 10.8. The fraction of sp³-hybridized carbons (Fsp3) is 0.136. The molecule has 2 aromatic carbocycles. The molecule has 0 bridgehead atoms. The molecular formula is C22H22N4O4S. The van der Waals surface area contributed by atoms with Gasteiger partial charge in [0, 0.05) is 12.4 Å². The lowest BCUT2D eigenvalue weighted by Gasteiger charge is -2.25. The highest BCUT2D eigenvalue weighted by atomic mass is 32.2. The summed E-state index contributed by atoms with van der Waals surface area (Å²) in [7, 11) is -2.60. The minimum atomic E-state index is -4.04. The minimum Gasteiger partial charge on any atom is -0.495 e. The Labute approximate surface area is 181 Å². The number of methoxy groups -OCH3 is 1. The van der Waals surface area contributed by atoms with Crippen LogP contribution in [-0.2, 0) is 14.8 Å². The Morgan fingerprint density at radius 1 is 1.13 bits per heavy atom. The number of sulfonamides is 1. The van der Waals surface area contributed by atoms with E-state index in [1.165, 1.54) is 25.5 Å². The minimum absolute atomic E-state index is 0.0617. The summed E-state index contributed by atoms with van der Waals surface area (Å²) in [4.78, 5) is 16.6. The molecule has 0 spiro atoms. The average molecular weight is 439 g/mol. The van der Waals surface area contributed by atoms with Crippen LogP contribution in [0, 0.1) is 6.92 Å². The van der Waals surface area contributed by atoms with Crippen molar-refractivity contribution >= 4 is 27.8 Å². The third kappa shape index (κ3) is 5.46. The van der Waals surface area contributed by atoms with Crippen molar-refractivity contribution in [1.82, 2.24) is 10.4 Å². The number of amides is 1. The molecule has 0 aliphatic carbocycles. The van der Waals surface area contributed by atoms with E-state index in [2.05, 4.69) is 15.5 Å². The third-order valence-electron chi connectivity index (χ3n) is 4.33. The normalized spacial score (nSPS) is 11.3. The number of anilines is 1. The molecule has 0 aliphatic rings. The average Bonchev–Trinajstić information content (AvgIpc) is 2.78. The number of hydrogen-bond donors (Lipinski definition) is 1. The highest BCUT2D eigenvalue weighted by Gasteiger charge is 2.29. The number of carbonyl (C=O) groups is 1. The molecular weight excluding hydrogens is 416 g/mol. The Balaban J connectivity index is 1.92. The molecule has 0 saturated heterocycles. The summed E-state index contributed by atoms with van der Waals surface area (Å²) in [6.45, 7) is 1.35. The predicted molar refractivity (Wildman–Crippen MR) is 119 cm³/mol. The molecule has 0 aliphatic heterocycles. The monoisotopic (exact) mass is 438 g/mol. The molecule has 1 aromatic heterocycles. The molecule has 8 nitrogen and oxygen atoms in total. The van der Waals surface area contributed by atoms with Gasteiger partial charge in [-0.15, -0.1) is 0 Å². The number of aromatic nitrogens is 1. The number of carbonyl (C=O) groups excluding carboxylic acids is 1. The second-order valence-corrected chi connectivity index (χ2v) is 8.44. The molecule has 0 saturated carbocycles. The van der Waals surface area contributed by atoms with Gasteiger partial charge in [0.2, 0.25) is 0 Å². The molecule has 1 N–H and O–H groups in total. The van der Waals surface area contributed by atoms with E-state index in [9.17, 15) is 13.2 Å². The number of benzene rings is 2. The van der Waals surface area contributed by atoms with E-state index < -0.39 is 22.5 Å². The maximum atomic E-state index is 13.4. The van der Waals surface area contributed by atoms with Gasteiger partial charge in [-0.25, -0.2) is 13.8 Å². The summed E-state index contributed by atoms with van der Waals surface area (Å²) in [5.74, 6) is -0.272. The van der Waals surface area contributed by atoms with E-state index in [0.717, 1.165) is 15.4 Å². The SMILES string of the molecule is COc1ccc(C)cc1N(CC(=O)N/N=C\c1ccncc1)S(=O)(=O)c1ccccc1. The number of rotatable bonds is 8. The maximum absolute atomic E-state index is 13.4. The van der Waals surface area contributed by atoms with Gasteiger partial charge in [-0.1, -0.05) is 24.3 Å². The largest absolute Gasteiger partial charge is 0.495 e. The Hall–Kier alpha value is -3.72. The Morgan fingerprint density at radius 2 is 1.84 bits per heavy atom. The molecule has 160 valence electrons. The zero-order chi connectivity index (χ0) is 22.3. The fourth-order valence-corrected chi connectivity index (χ4v) is 4.25. The van der Waals surface area contributed by atoms with E-state index in [4.69, 9.17) is 4.74 Å². The molecule has 0 fully saturated rings. The molecule has 3 aromatic rings. The Bertz CT molecular complexity index is 1170. The molecule has 1 heterocycles. The molecule has 0 atom stereocenters. The molecule has 31 heavy (non-hydrogen) atoms. The zero-order valence-electron chi connectivity index (χ0n) is 17.1. The fourth-order valence-electron chi connectivity index (χ4n) is 2.81. The third-order valence-corrected chi connectivity index (χ3v) is 6.10. The number of ether oxygens (including phenoxy) is 1. The summed E-state index contributed by atoms with van der Waals surface area (Å²) in [6.07, 6.45) is 4.64. The highest BCUT2D eigenvalue weighted by molar-refractivity contribution is 7.92. The van der Waals surface area contributed by atoms with Crippen LogP contribution in [0.4, 0.5) is 5.69 Å². The number of aryl methyl sites for hydroxylation is 1. The number of nitrogens with one attached hydrogen (secondary N) is 1. The van der Waals surface area contributed by atoms with Crippen molar-refractivity contribution in [1.29, 1.82) is 0 Å². The van der Waals surface area contributed by atoms with Crippen molar-refractivity contribution in [2.24, 2.45) is 5.10 Å². The van der Waals surface area contributed by atoms with Crippen LogP contribution in [0.5, 0.6) is 5.75 Å². The van der Waals surface area contributed by atoms with Gasteiger partial charge in [-0.2, -0.15) is 5.10 Å². The Kier molecular flexibility index (Phi) is 6.99. The molecule has 0 unspecified atom stereocenters. The lowest BCUT2D eigenvalue weighted by atomic mass is 10.2. The van der Waals surface area contributed by atoms with Crippen LogP contribution in [0.15, 0.2) is 83.1 Å². The summed E-state index contributed by atoms with van der Waals surface area (Å²) in [5, 5.41) is 3.90. The van der Waals surface area contributed by atoms with E-state index in [1.54, 1.807) is 60.9 Å². The molecule has 3 rings (SSSR count). The van der Waals surface area contributed by atoms with Crippen molar-refractivity contribution in [2.75, 3.05) is 18.0 Å². The van der Waals surface area contributed by atoms with Gasteiger partial charge < -0.3 is 4.74 Å². The van der Waals surface area contributed by atoms with E-state index in [1.807, 2.05) is 6.92 Å². The predicted octanol–water partition coefficient (Wildman–Crippen LogP) is 2.74. The lowest BCUT2D eigenvalue weighted by molar-refractivity contribution is -0.119. The van der Waals surface area contributed by atoms with Crippen molar-refractivity contribution in [3.05, 3.63) is 84.2 Å². The number of pyridine rings is 1. The zero-order valence-corrected chi connectivity index (χ0v) is 17.9. The van der Waals surface area contributed by atoms with Gasteiger partial charge in [-0.3, -0.25) is 14.1 Å². The van der Waals surface area contributed by atoms with Crippen LogP contribution in [0.25, 0.3) is 0 Å². The van der Waals surface area contributed by atoms with Crippen molar-refractivity contribution in [2.45, 2.75) is 11.8 Å². The van der Waals surface area contributed by atoms with Crippen LogP contribution < -0.4 is 14.5 Å². The second kappa shape index (κ2) is 9.86. The smallest absolute Gasteiger partial charge is 0.264 e. The molecule has 9 heteroatoms. The first-order chi connectivity index (χ1) is 14.9. The maximum Gasteiger partial charge on any atom is 0.264 e. The summed E-state index contributed by atoms with van der Waals surface area (Å²) in [5.41, 5.74) is 4.19. The number of hydrogen-bond acceptors (Lipinski definition) is 6. The van der Waals surface area contributed by atoms with E-state index in [-0.39, 0.29) is 10.6 Å². The van der Waals surface area contributed by atoms with Gasteiger partial charge in [0.25, 0.3) is 15.9 Å². The van der Waals surface area contributed by atoms with Crippen molar-refractivity contribution < 1.29 is 17.9 Å². The summed E-state index contributed by atoms with van der Waals surface area (Å²) < 4.78 is 33.2. The topological polar surface area (TPSA) is 101 Å². The number of nitrogens with zero attached hydrogens (tertiary/aromatic N) is 3. The standard InChI is InChI=1S/C22H22N4O4S/c1-17-8-9-21(30-2)20(14-17)26(31(28,29)19-6-4-3-5-7-19)16-22(27)25-24-15-18-10-12-23-13-11-18/h3-15H,16H2,1-2H3,(H,25,27)/b24-15-. The first-order valence-electron chi connectivity index (χ1n) is 9.36. The first kappa shape index (κ1) is 22.0. The van der Waals surface area contributed by atoms with Crippen molar-refractivity contribution in [3.63, 3.8) is 0 Å². The quantitative estimate of drug-likeness (QED) is 0.431. The molecule has 1 amide bonds. The van der Waals surface area contributed by atoms with Gasteiger partial charge in [0.1, 0.15) is 12.3 Å². The molecule has 0 radical (unpaired) electrons. The van der Waals surface area contributed by atoms with Gasteiger partial charge in [0.05, 0.1) is 23.9 Å². The van der Waals surface area contributed by atoms with Crippen molar-refractivity contribution in [3.8, 4) is 5.75 Å². The summed E-state index contributed by atoms with van der Waals surface area (Å²) in [6, 6.07) is 16.5. The van der Waals surface area contributed by atoms with Crippen LogP contribution in [-0.4, -0.2) is 39.2 Å². The highest BCUT2D eigenvalue weighted by Crippen LogP contribution is 2.33. The second-order valence-electron chi connectivity index (χ2n) is 6.57. The van der Waals surface area contributed by atoms with Crippen LogP contribution in [0.3, 0.4) is 0 Å². The van der Waals surface area contributed by atoms with Crippen LogP contribution in [0.2, 0.25) is 0 Å². The Morgan fingerprint density at radius 3 is 2.52 bits per heavy atom. The van der Waals surface area contributed by atoms with Gasteiger partial charge in [-0.05, 0) is 54.4 Å². The lowest BCUT2D eigenvalue weighted by Crippen LogP contribution is -2.39. The van der Waals surface area contributed by atoms with Crippen LogP contribution in [0.1, 0.15) is 11.1 Å². The van der Waals surface area contributed by atoms with E-state index >= 15 is 0 Å².